The number of carbonyl (C=O) groups excluding carboxylic acids is 2. The average molecular weight is 366 g/mol. The summed E-state index contributed by atoms with van der Waals surface area (Å²) in [7, 11) is 0. The van der Waals surface area contributed by atoms with Gasteiger partial charge in [0.05, 0.1) is 12.5 Å². The zero-order valence-electron chi connectivity index (χ0n) is 15.5. The minimum atomic E-state index is -0.632. The number of carbonyl (C=O) groups is 2. The van der Waals surface area contributed by atoms with Gasteiger partial charge in [-0.25, -0.2) is 4.79 Å². The molecule has 0 fully saturated rings. The van der Waals surface area contributed by atoms with E-state index in [1.807, 2.05) is 44.2 Å². The molecule has 0 radical (unpaired) electrons. The van der Waals surface area contributed by atoms with Crippen LogP contribution in [0.1, 0.15) is 17.5 Å². The first-order valence-electron chi connectivity index (χ1n) is 8.58. The van der Waals surface area contributed by atoms with Crippen LogP contribution in [0, 0.1) is 25.2 Å². The van der Waals surface area contributed by atoms with E-state index in [1.165, 1.54) is 4.90 Å². The Morgan fingerprint density at radius 2 is 1.70 bits per heavy atom. The van der Waals surface area contributed by atoms with Gasteiger partial charge in [0.1, 0.15) is 5.75 Å². The number of rotatable bonds is 8. The van der Waals surface area contributed by atoms with E-state index in [9.17, 15) is 9.59 Å². The third-order valence-corrected chi connectivity index (χ3v) is 3.72. The number of ether oxygens (including phenoxy) is 2. The van der Waals surface area contributed by atoms with Crippen molar-refractivity contribution < 1.29 is 19.1 Å². The summed E-state index contributed by atoms with van der Waals surface area (Å²) in [6.07, 6.45) is 0.184. The lowest BCUT2D eigenvalue weighted by Gasteiger charge is -2.22. The van der Waals surface area contributed by atoms with Crippen LogP contribution in [0.15, 0.2) is 48.5 Å². The molecule has 0 unspecified atom stereocenters. The van der Waals surface area contributed by atoms with Crippen molar-refractivity contribution in [3.05, 3.63) is 59.7 Å². The molecule has 0 saturated carbocycles. The van der Waals surface area contributed by atoms with Crippen molar-refractivity contribution in [1.29, 1.82) is 5.26 Å². The van der Waals surface area contributed by atoms with Gasteiger partial charge in [-0.05, 0) is 49.2 Å². The maximum absolute atomic E-state index is 12.5. The summed E-state index contributed by atoms with van der Waals surface area (Å²) in [6, 6.07) is 16.6. The Bertz CT molecular complexity index is 808. The molecule has 0 aliphatic rings. The van der Waals surface area contributed by atoms with Crippen LogP contribution in [0.2, 0.25) is 0 Å². The molecule has 27 heavy (non-hydrogen) atoms. The molecule has 0 N–H and O–H groups in total. The van der Waals surface area contributed by atoms with Crippen LogP contribution in [-0.2, 0) is 14.3 Å². The standard InChI is InChI=1S/C21H22N2O4/c1-16-11-17(2)13-18(12-16)23(10-6-9-22)20(24)14-27-21(25)15-26-19-7-4-3-5-8-19/h3-5,7-8,11-13H,6,10,14-15H2,1-2H3. The second-order valence-corrected chi connectivity index (χ2v) is 6.06. The molecule has 1 amide bonds. The minimum Gasteiger partial charge on any atom is -0.482 e. The van der Waals surface area contributed by atoms with Gasteiger partial charge in [0.25, 0.3) is 5.91 Å². The maximum atomic E-state index is 12.5. The highest BCUT2D eigenvalue weighted by atomic mass is 16.6. The van der Waals surface area contributed by atoms with E-state index in [4.69, 9.17) is 14.7 Å². The first-order valence-corrected chi connectivity index (χ1v) is 8.58. The number of para-hydroxylation sites is 1. The van der Waals surface area contributed by atoms with Gasteiger partial charge in [0.2, 0.25) is 0 Å². The molecule has 2 aromatic rings. The lowest BCUT2D eigenvalue weighted by Crippen LogP contribution is -2.36. The molecule has 0 aromatic heterocycles. The molecule has 2 aromatic carbocycles. The van der Waals surface area contributed by atoms with Gasteiger partial charge >= 0.3 is 5.97 Å². The Balaban J connectivity index is 1.95. The molecule has 0 aliphatic carbocycles. The highest BCUT2D eigenvalue weighted by molar-refractivity contribution is 5.95. The number of amides is 1. The number of esters is 1. The SMILES string of the molecule is Cc1cc(C)cc(N(CCC#N)C(=O)COC(=O)COc2ccccc2)c1. The fourth-order valence-electron chi connectivity index (χ4n) is 2.59. The van der Waals surface area contributed by atoms with Crippen LogP contribution >= 0.6 is 0 Å². The molecule has 0 aliphatic heterocycles. The van der Waals surface area contributed by atoms with Gasteiger partial charge < -0.3 is 14.4 Å². The van der Waals surface area contributed by atoms with E-state index < -0.39 is 12.6 Å². The largest absolute Gasteiger partial charge is 0.482 e. The van der Waals surface area contributed by atoms with Crippen molar-refractivity contribution in [3.63, 3.8) is 0 Å². The predicted molar refractivity (Wildman–Crippen MR) is 101 cm³/mol. The molecule has 0 spiro atoms. The Morgan fingerprint density at radius 1 is 1.04 bits per heavy atom. The highest BCUT2D eigenvalue weighted by Gasteiger charge is 2.18. The van der Waals surface area contributed by atoms with Crippen molar-refractivity contribution in [3.8, 4) is 11.8 Å². The molecule has 0 atom stereocenters. The van der Waals surface area contributed by atoms with Crippen LogP contribution in [-0.4, -0.2) is 31.6 Å². The fourth-order valence-corrected chi connectivity index (χ4v) is 2.59. The summed E-state index contributed by atoms with van der Waals surface area (Å²) in [5.41, 5.74) is 2.70. The molecule has 6 heteroatoms. The fraction of sp³-hybridized carbons (Fsp3) is 0.286. The zero-order valence-corrected chi connectivity index (χ0v) is 15.5. The maximum Gasteiger partial charge on any atom is 0.344 e. The zero-order chi connectivity index (χ0) is 19.6. The number of aryl methyl sites for hydroxylation is 2. The van der Waals surface area contributed by atoms with Crippen molar-refractivity contribution in [2.24, 2.45) is 0 Å². The van der Waals surface area contributed by atoms with Crippen molar-refractivity contribution in [1.82, 2.24) is 0 Å². The summed E-state index contributed by atoms with van der Waals surface area (Å²) in [4.78, 5) is 25.8. The topological polar surface area (TPSA) is 79.6 Å². The molecular weight excluding hydrogens is 344 g/mol. The second kappa shape index (κ2) is 9.97. The highest BCUT2D eigenvalue weighted by Crippen LogP contribution is 2.19. The molecule has 2 rings (SSSR count). The molecule has 0 heterocycles. The van der Waals surface area contributed by atoms with Gasteiger partial charge in [-0.3, -0.25) is 4.79 Å². The van der Waals surface area contributed by atoms with Crippen LogP contribution in [0.4, 0.5) is 5.69 Å². The van der Waals surface area contributed by atoms with Gasteiger partial charge in [-0.2, -0.15) is 5.26 Å². The smallest absolute Gasteiger partial charge is 0.344 e. The van der Waals surface area contributed by atoms with E-state index in [0.717, 1.165) is 11.1 Å². The summed E-state index contributed by atoms with van der Waals surface area (Å²) < 4.78 is 10.3. The van der Waals surface area contributed by atoms with Gasteiger partial charge in [0.15, 0.2) is 13.2 Å². The number of benzene rings is 2. The van der Waals surface area contributed by atoms with Gasteiger partial charge in [-0.15, -0.1) is 0 Å². The monoisotopic (exact) mass is 366 g/mol. The number of anilines is 1. The molecular formula is C21H22N2O4. The van der Waals surface area contributed by atoms with Gasteiger partial charge in [0, 0.05) is 12.2 Å². The normalized spacial score (nSPS) is 9.96. The Kier molecular flexibility index (Phi) is 7.38. The third kappa shape index (κ3) is 6.48. The third-order valence-electron chi connectivity index (χ3n) is 3.72. The minimum absolute atomic E-state index is 0.184. The Labute approximate surface area is 158 Å². The Morgan fingerprint density at radius 3 is 2.33 bits per heavy atom. The summed E-state index contributed by atoms with van der Waals surface area (Å²) in [5, 5.41) is 8.86. The number of hydrogen-bond donors (Lipinski definition) is 0. The van der Waals surface area contributed by atoms with Crippen molar-refractivity contribution in [2.45, 2.75) is 20.3 Å². The average Bonchev–Trinajstić information content (AvgIpc) is 2.65. The van der Waals surface area contributed by atoms with E-state index in [2.05, 4.69) is 0 Å². The molecule has 6 nitrogen and oxygen atoms in total. The lowest BCUT2D eigenvalue weighted by atomic mass is 10.1. The summed E-state index contributed by atoms with van der Waals surface area (Å²) in [5.74, 6) is -0.470. The van der Waals surface area contributed by atoms with Crippen molar-refractivity contribution in [2.75, 3.05) is 24.7 Å². The van der Waals surface area contributed by atoms with Crippen LogP contribution in [0.3, 0.4) is 0 Å². The predicted octanol–water partition coefficient (Wildman–Crippen LogP) is 3.17. The van der Waals surface area contributed by atoms with Crippen LogP contribution < -0.4 is 9.64 Å². The van der Waals surface area contributed by atoms with Crippen LogP contribution in [0.25, 0.3) is 0 Å². The van der Waals surface area contributed by atoms with Crippen molar-refractivity contribution >= 4 is 17.6 Å². The Hall–Kier alpha value is -3.33. The van der Waals surface area contributed by atoms with E-state index in [1.54, 1.807) is 24.3 Å². The number of nitrogens with zero attached hydrogens (tertiary/aromatic N) is 2. The van der Waals surface area contributed by atoms with Crippen LogP contribution in [0.5, 0.6) is 5.75 Å². The number of hydrogen-bond acceptors (Lipinski definition) is 5. The number of nitriles is 1. The van der Waals surface area contributed by atoms with E-state index >= 15 is 0 Å². The van der Waals surface area contributed by atoms with Gasteiger partial charge in [-0.1, -0.05) is 24.3 Å². The second-order valence-electron chi connectivity index (χ2n) is 6.06. The lowest BCUT2D eigenvalue weighted by molar-refractivity contribution is -0.149. The first kappa shape index (κ1) is 20.0. The molecule has 0 saturated heterocycles. The first-order chi connectivity index (χ1) is 13.0. The molecule has 0 bridgehead atoms. The van der Waals surface area contributed by atoms with E-state index in [0.29, 0.717) is 11.4 Å². The summed E-state index contributed by atoms with van der Waals surface area (Å²) in [6.45, 7) is 3.42. The molecule has 140 valence electrons. The van der Waals surface area contributed by atoms with E-state index in [-0.39, 0.29) is 25.5 Å². The quantitative estimate of drug-likeness (QED) is 0.671. The summed E-state index contributed by atoms with van der Waals surface area (Å²) >= 11 is 0.